The minimum atomic E-state index is -2.55. The van der Waals surface area contributed by atoms with Gasteiger partial charge in [0.05, 0.1) is 5.38 Å². The SMILES string of the molecule is CCC(=O)SC[Si](OC)(OC)OC. The molecule has 0 bridgehead atoms. The van der Waals surface area contributed by atoms with Gasteiger partial charge in [-0.1, -0.05) is 18.7 Å². The first-order chi connectivity index (χ1) is 6.14. The molecule has 0 N–H and O–H groups in total. The van der Waals surface area contributed by atoms with E-state index in [-0.39, 0.29) is 5.12 Å². The highest BCUT2D eigenvalue weighted by atomic mass is 32.2. The van der Waals surface area contributed by atoms with Crippen molar-refractivity contribution in [2.75, 3.05) is 26.7 Å². The van der Waals surface area contributed by atoms with Crippen LogP contribution in [0.5, 0.6) is 0 Å². The second kappa shape index (κ2) is 6.55. The van der Waals surface area contributed by atoms with E-state index in [9.17, 15) is 4.79 Å². The summed E-state index contributed by atoms with van der Waals surface area (Å²) in [4.78, 5) is 11.0. The summed E-state index contributed by atoms with van der Waals surface area (Å²) in [6, 6.07) is 0. The molecule has 0 aromatic rings. The monoisotopic (exact) mass is 224 g/mol. The van der Waals surface area contributed by atoms with Crippen LogP contribution in [0.25, 0.3) is 0 Å². The molecule has 0 rings (SSSR count). The summed E-state index contributed by atoms with van der Waals surface area (Å²) in [7, 11) is 2.06. The van der Waals surface area contributed by atoms with Crippen molar-refractivity contribution in [1.29, 1.82) is 0 Å². The van der Waals surface area contributed by atoms with E-state index in [4.69, 9.17) is 13.3 Å². The average molecular weight is 224 g/mol. The molecular formula is C7H16O4SSi. The highest BCUT2D eigenvalue weighted by Gasteiger charge is 2.38. The summed E-state index contributed by atoms with van der Waals surface area (Å²) in [5.74, 6) is 0. The Morgan fingerprint density at radius 3 is 2.00 bits per heavy atom. The predicted molar refractivity (Wildman–Crippen MR) is 54.5 cm³/mol. The minimum absolute atomic E-state index is 0.128. The van der Waals surface area contributed by atoms with Crippen molar-refractivity contribution in [2.45, 2.75) is 13.3 Å². The van der Waals surface area contributed by atoms with Gasteiger partial charge in [-0.25, -0.2) is 0 Å². The molecule has 0 aliphatic heterocycles. The highest BCUT2D eigenvalue weighted by Crippen LogP contribution is 2.15. The van der Waals surface area contributed by atoms with E-state index in [1.165, 1.54) is 33.1 Å². The van der Waals surface area contributed by atoms with Gasteiger partial charge in [0.25, 0.3) is 0 Å². The zero-order valence-electron chi connectivity index (χ0n) is 8.46. The van der Waals surface area contributed by atoms with Crippen LogP contribution in [0, 0.1) is 0 Å². The van der Waals surface area contributed by atoms with Gasteiger partial charge in [-0.05, 0) is 0 Å². The molecule has 0 fully saturated rings. The van der Waals surface area contributed by atoms with E-state index in [1.807, 2.05) is 6.92 Å². The molecule has 0 heterocycles. The molecule has 0 saturated heterocycles. The van der Waals surface area contributed by atoms with Crippen molar-refractivity contribution in [1.82, 2.24) is 0 Å². The van der Waals surface area contributed by atoms with Crippen molar-refractivity contribution >= 4 is 25.7 Å². The second-order valence-electron chi connectivity index (χ2n) is 2.31. The second-order valence-corrected chi connectivity index (χ2v) is 6.80. The number of hydrogen-bond donors (Lipinski definition) is 0. The maximum atomic E-state index is 11.0. The Labute approximate surface area is 84.3 Å². The largest absolute Gasteiger partial charge is 0.511 e. The summed E-state index contributed by atoms with van der Waals surface area (Å²) in [5, 5.41) is 0.603. The van der Waals surface area contributed by atoms with Crippen LogP contribution >= 0.6 is 11.8 Å². The number of carbonyl (C=O) groups excluding carboxylic acids is 1. The third-order valence-electron chi connectivity index (χ3n) is 1.63. The van der Waals surface area contributed by atoms with Crippen molar-refractivity contribution in [3.05, 3.63) is 0 Å². The Bertz CT molecular complexity index is 152. The molecule has 0 spiro atoms. The van der Waals surface area contributed by atoms with Gasteiger partial charge < -0.3 is 13.3 Å². The number of thioether (sulfide) groups is 1. The Morgan fingerprint density at radius 2 is 1.69 bits per heavy atom. The molecule has 0 aromatic heterocycles. The van der Waals surface area contributed by atoms with E-state index in [2.05, 4.69) is 0 Å². The molecule has 0 aliphatic carbocycles. The highest BCUT2D eigenvalue weighted by molar-refractivity contribution is 8.14. The van der Waals surface area contributed by atoms with Gasteiger partial charge in [0.15, 0.2) is 5.12 Å². The van der Waals surface area contributed by atoms with Crippen molar-refractivity contribution in [2.24, 2.45) is 0 Å². The van der Waals surface area contributed by atoms with Gasteiger partial charge in [-0.2, -0.15) is 0 Å². The van der Waals surface area contributed by atoms with Crippen LogP contribution in [0.15, 0.2) is 0 Å². The van der Waals surface area contributed by atoms with E-state index >= 15 is 0 Å². The van der Waals surface area contributed by atoms with Gasteiger partial charge in [0.2, 0.25) is 0 Å². The standard InChI is InChI=1S/C7H16O4SSi/c1-5-7(8)12-6-13(9-2,10-3)11-4/h5-6H2,1-4H3. The molecule has 0 atom stereocenters. The van der Waals surface area contributed by atoms with E-state index in [0.29, 0.717) is 11.8 Å². The first kappa shape index (κ1) is 13.1. The Kier molecular flexibility index (Phi) is 6.61. The predicted octanol–water partition coefficient (Wildman–Crippen LogP) is 1.07. The lowest BCUT2D eigenvalue weighted by atomic mass is 10.6. The Hall–Kier alpha value is 0.117. The molecule has 0 unspecified atom stereocenters. The lowest BCUT2D eigenvalue weighted by molar-refractivity contribution is -0.110. The Balaban J connectivity index is 4.02. The number of rotatable bonds is 6. The summed E-state index contributed by atoms with van der Waals surface area (Å²) >= 11 is 1.20. The first-order valence-corrected chi connectivity index (χ1v) is 6.87. The summed E-state index contributed by atoms with van der Waals surface area (Å²) < 4.78 is 15.5. The maximum Gasteiger partial charge on any atom is 0.511 e. The molecule has 4 nitrogen and oxygen atoms in total. The third-order valence-corrected chi connectivity index (χ3v) is 6.10. The van der Waals surface area contributed by atoms with E-state index in [1.54, 1.807) is 0 Å². The van der Waals surface area contributed by atoms with Gasteiger partial charge in [-0.15, -0.1) is 0 Å². The van der Waals surface area contributed by atoms with Gasteiger partial charge in [-0.3, -0.25) is 4.79 Å². The first-order valence-electron chi connectivity index (χ1n) is 3.95. The normalized spacial score (nSPS) is 11.7. The fraction of sp³-hybridized carbons (Fsp3) is 0.857. The summed E-state index contributed by atoms with van der Waals surface area (Å²) in [6.07, 6.45) is 0.520. The topological polar surface area (TPSA) is 44.8 Å². The quantitative estimate of drug-likeness (QED) is 0.632. The van der Waals surface area contributed by atoms with Crippen molar-refractivity contribution in [3.8, 4) is 0 Å². The lowest BCUT2D eigenvalue weighted by Crippen LogP contribution is -2.46. The van der Waals surface area contributed by atoms with Crippen LogP contribution in [0.1, 0.15) is 13.3 Å². The molecule has 0 amide bonds. The minimum Gasteiger partial charge on any atom is -0.376 e. The molecule has 0 radical (unpaired) electrons. The smallest absolute Gasteiger partial charge is 0.376 e. The van der Waals surface area contributed by atoms with Crippen molar-refractivity contribution in [3.63, 3.8) is 0 Å². The van der Waals surface area contributed by atoms with Crippen molar-refractivity contribution < 1.29 is 18.1 Å². The van der Waals surface area contributed by atoms with Crippen LogP contribution in [-0.2, 0) is 18.1 Å². The lowest BCUT2D eigenvalue weighted by Gasteiger charge is -2.23. The van der Waals surface area contributed by atoms with Crippen LogP contribution in [-0.4, -0.2) is 40.6 Å². The summed E-state index contributed by atoms with van der Waals surface area (Å²) in [5.41, 5.74) is 0. The molecular weight excluding hydrogens is 208 g/mol. The fourth-order valence-corrected chi connectivity index (χ4v) is 4.17. The molecule has 78 valence electrons. The third kappa shape index (κ3) is 4.23. The molecule has 0 aliphatic rings. The number of hydrogen-bond acceptors (Lipinski definition) is 5. The summed E-state index contributed by atoms with van der Waals surface area (Å²) in [6.45, 7) is 1.82. The average Bonchev–Trinajstić information content (AvgIpc) is 2.20. The van der Waals surface area contributed by atoms with Crippen LogP contribution in [0.3, 0.4) is 0 Å². The fourth-order valence-electron chi connectivity index (χ4n) is 0.698. The molecule has 13 heavy (non-hydrogen) atoms. The maximum absolute atomic E-state index is 11.0. The van der Waals surface area contributed by atoms with Gasteiger partial charge >= 0.3 is 8.80 Å². The molecule has 0 saturated carbocycles. The molecule has 6 heteroatoms. The Morgan fingerprint density at radius 1 is 1.23 bits per heavy atom. The zero-order valence-corrected chi connectivity index (χ0v) is 10.3. The van der Waals surface area contributed by atoms with Crippen LogP contribution < -0.4 is 0 Å². The zero-order chi connectivity index (χ0) is 10.3. The van der Waals surface area contributed by atoms with Crippen LogP contribution in [0.2, 0.25) is 0 Å². The van der Waals surface area contributed by atoms with E-state index < -0.39 is 8.80 Å². The van der Waals surface area contributed by atoms with E-state index in [0.717, 1.165) is 0 Å². The van der Waals surface area contributed by atoms with Gasteiger partial charge in [0, 0.05) is 27.8 Å². The molecule has 0 aromatic carbocycles. The van der Waals surface area contributed by atoms with Crippen LogP contribution in [0.4, 0.5) is 0 Å². The number of carbonyl (C=O) groups is 1. The van der Waals surface area contributed by atoms with Gasteiger partial charge in [0.1, 0.15) is 0 Å².